The fourth-order valence-corrected chi connectivity index (χ4v) is 0. The van der Waals surface area contributed by atoms with Crippen molar-refractivity contribution in [1.29, 1.82) is 0 Å². The Labute approximate surface area is 143 Å². The average molecular weight is 284 g/mol. The van der Waals surface area contributed by atoms with Crippen molar-refractivity contribution >= 4 is 54.8 Å². The van der Waals surface area contributed by atoms with Crippen LogP contribution in [0, 0.1) is 0 Å². The SMILES string of the molecule is [Ca+2].[Fe].[H-].[H-].[H-].[K+].[SeH2].[Zn]. The molecule has 0 fully saturated rings. The molecule has 0 aliphatic carbocycles. The molecule has 0 aromatic carbocycles. The molecule has 0 heterocycles. The Morgan fingerprint density at radius 2 is 1.20 bits per heavy atom. The molecule has 5 heteroatoms. The van der Waals surface area contributed by atoms with Crippen LogP contribution in [-0.4, -0.2) is 54.8 Å². The fourth-order valence-electron chi connectivity index (χ4n) is 0. The second kappa shape index (κ2) is 23.5. The van der Waals surface area contributed by atoms with Gasteiger partial charge in [-0.05, 0) is 0 Å². The van der Waals surface area contributed by atoms with E-state index in [2.05, 4.69) is 0 Å². The van der Waals surface area contributed by atoms with Crippen molar-refractivity contribution in [1.82, 2.24) is 0 Å². The summed E-state index contributed by atoms with van der Waals surface area (Å²) >= 11 is 0. The summed E-state index contributed by atoms with van der Waals surface area (Å²) in [7, 11) is 0. The first-order valence-electron chi connectivity index (χ1n) is 0. The number of hydrogen-bond acceptors (Lipinski definition) is 0. The summed E-state index contributed by atoms with van der Waals surface area (Å²) in [5, 5.41) is 0. The molecule has 0 aliphatic heterocycles. The van der Waals surface area contributed by atoms with Crippen molar-refractivity contribution in [3.63, 3.8) is 0 Å². The zero-order valence-electron chi connectivity index (χ0n) is 6.27. The van der Waals surface area contributed by atoms with Crippen LogP contribution in [0.3, 0.4) is 0 Å². The minimum atomic E-state index is 0. The maximum atomic E-state index is 0. The van der Waals surface area contributed by atoms with E-state index in [1.807, 2.05) is 0 Å². The zero-order valence-corrected chi connectivity index (χ0v) is 14.8. The van der Waals surface area contributed by atoms with Crippen molar-refractivity contribution in [3.05, 3.63) is 0 Å². The summed E-state index contributed by atoms with van der Waals surface area (Å²) in [5.41, 5.74) is 0. The van der Waals surface area contributed by atoms with Crippen LogP contribution < -0.4 is 51.4 Å². The van der Waals surface area contributed by atoms with Crippen molar-refractivity contribution in [2.45, 2.75) is 0 Å². The van der Waals surface area contributed by atoms with Gasteiger partial charge < -0.3 is 4.28 Å². The molecule has 0 nitrogen and oxygen atoms in total. The Hall–Kier alpha value is 4.56. The smallest absolute Gasteiger partial charge is 0 e. The first-order valence-corrected chi connectivity index (χ1v) is 0. The van der Waals surface area contributed by atoms with E-state index in [9.17, 15) is 0 Å². The first kappa shape index (κ1) is 33.7. The van der Waals surface area contributed by atoms with Gasteiger partial charge in [0.1, 0.15) is 0 Å². The van der Waals surface area contributed by atoms with Gasteiger partial charge in [-0.25, -0.2) is 0 Å². The van der Waals surface area contributed by atoms with E-state index in [4.69, 9.17) is 0 Å². The Morgan fingerprint density at radius 3 is 1.20 bits per heavy atom. The summed E-state index contributed by atoms with van der Waals surface area (Å²) in [6, 6.07) is 0. The fraction of sp³-hybridized carbons (Fsp3) is 0. The van der Waals surface area contributed by atoms with Crippen LogP contribution in [0.25, 0.3) is 0 Å². The molecule has 0 spiro atoms. The number of hydrogen-bond donors (Lipinski definition) is 0. The third-order valence-corrected chi connectivity index (χ3v) is 0. The summed E-state index contributed by atoms with van der Waals surface area (Å²) < 4.78 is 0. The third kappa shape index (κ3) is 17.7. The van der Waals surface area contributed by atoms with Gasteiger partial charge in [-0.2, -0.15) is 0 Å². The molecule has 0 saturated carbocycles. The normalized spacial score (nSPS) is 0. The van der Waals surface area contributed by atoms with Crippen LogP contribution in [0.2, 0.25) is 0 Å². The monoisotopic (exact) mass is 284 g/mol. The van der Waals surface area contributed by atoms with Crippen LogP contribution >= 0.6 is 0 Å². The third-order valence-electron chi connectivity index (χ3n) is 0. The zero-order chi connectivity index (χ0) is 0. The van der Waals surface area contributed by atoms with Gasteiger partial charge in [0.25, 0.3) is 0 Å². The molecular weight excluding hydrogens is 279 g/mol. The second-order valence-corrected chi connectivity index (χ2v) is 0. The Bertz CT molecular complexity index is 19.2. The minimum Gasteiger partial charge on any atom is 0 e. The van der Waals surface area contributed by atoms with Gasteiger partial charge in [0.15, 0.2) is 0 Å². The number of rotatable bonds is 0. The molecule has 24 valence electrons. The van der Waals surface area contributed by atoms with Gasteiger partial charge in [-0.15, -0.1) is 0 Å². The van der Waals surface area contributed by atoms with Gasteiger partial charge in [-0.1, -0.05) is 0 Å². The van der Waals surface area contributed by atoms with E-state index >= 15 is 0 Å². The summed E-state index contributed by atoms with van der Waals surface area (Å²) in [6.45, 7) is 0. The van der Waals surface area contributed by atoms with Crippen LogP contribution in [0.4, 0.5) is 0 Å². The van der Waals surface area contributed by atoms with E-state index in [0.717, 1.165) is 0 Å². The molecule has 5 heavy (non-hydrogen) atoms. The first-order chi connectivity index (χ1) is 0. The van der Waals surface area contributed by atoms with Crippen LogP contribution in [0.1, 0.15) is 4.28 Å². The molecular formula is H5CaFeKSeZn. The molecule has 0 atom stereocenters. The quantitative estimate of drug-likeness (QED) is 0.398. The molecule has 0 aliphatic rings. The average Bonchev–Trinajstić information content (AvgIpc) is 0. The molecule has 0 amide bonds. The van der Waals surface area contributed by atoms with Gasteiger partial charge in [0.05, 0.1) is 0 Å². The van der Waals surface area contributed by atoms with Gasteiger partial charge in [-0.3, -0.25) is 0 Å². The molecule has 0 unspecified atom stereocenters. The molecule has 0 aromatic rings. The van der Waals surface area contributed by atoms with E-state index in [0.29, 0.717) is 0 Å². The van der Waals surface area contributed by atoms with E-state index in [-0.39, 0.29) is 147 Å². The Morgan fingerprint density at radius 1 is 1.20 bits per heavy atom. The van der Waals surface area contributed by atoms with Gasteiger partial charge >= 0.3 is 106 Å². The molecule has 0 bridgehead atoms. The topological polar surface area (TPSA) is 0 Å². The van der Waals surface area contributed by atoms with E-state index < -0.39 is 0 Å². The van der Waals surface area contributed by atoms with Crippen molar-refractivity contribution in [3.8, 4) is 0 Å². The largest absolute Gasteiger partial charge is 0 e. The van der Waals surface area contributed by atoms with Crippen LogP contribution in [0.5, 0.6) is 0 Å². The summed E-state index contributed by atoms with van der Waals surface area (Å²) in [6.07, 6.45) is 0. The summed E-state index contributed by atoms with van der Waals surface area (Å²) in [4.78, 5) is 0. The molecule has 0 radical (unpaired) electrons. The van der Waals surface area contributed by atoms with E-state index in [1.54, 1.807) is 0 Å². The predicted octanol–water partition coefficient (Wildman–Crippen LogP) is -3.96. The van der Waals surface area contributed by atoms with Crippen LogP contribution in [-0.2, 0) is 36.5 Å². The van der Waals surface area contributed by atoms with Crippen molar-refractivity contribution < 1.29 is 92.2 Å². The molecule has 0 saturated heterocycles. The summed E-state index contributed by atoms with van der Waals surface area (Å²) in [5.74, 6) is 0. The molecule has 0 N–H and O–H groups in total. The van der Waals surface area contributed by atoms with Crippen LogP contribution in [0.15, 0.2) is 0 Å². The van der Waals surface area contributed by atoms with Gasteiger partial charge in [0, 0.05) is 36.5 Å². The predicted molar refractivity (Wildman–Crippen MR) is 17.6 cm³/mol. The maximum absolute atomic E-state index is 0. The molecule has 0 rings (SSSR count). The Balaban J connectivity index is 0. The van der Waals surface area contributed by atoms with Crippen molar-refractivity contribution in [2.24, 2.45) is 0 Å². The Kier molecular flexibility index (Phi) is 159. The van der Waals surface area contributed by atoms with E-state index in [1.165, 1.54) is 0 Å². The van der Waals surface area contributed by atoms with Gasteiger partial charge in [0.2, 0.25) is 0 Å². The second-order valence-electron chi connectivity index (χ2n) is 0. The minimum absolute atomic E-state index is 0. The standard InChI is InChI=1S/Ca.Fe.K.H2Se.Zn.3H/h;;;1H2;;;;/q+2;;+1;;;3*-1. The van der Waals surface area contributed by atoms with Crippen molar-refractivity contribution in [2.75, 3.05) is 0 Å². The molecule has 0 aromatic heterocycles. The maximum Gasteiger partial charge on any atom is 0 e.